The zero-order chi connectivity index (χ0) is 17.3. The monoisotopic (exact) mass is 380 g/mol. The molecule has 8 heteroatoms. The molecule has 0 saturated heterocycles. The van der Waals surface area contributed by atoms with E-state index >= 15 is 0 Å². The lowest BCUT2D eigenvalue weighted by Gasteiger charge is -2.05. The number of halogens is 1. The van der Waals surface area contributed by atoms with E-state index in [9.17, 15) is 4.79 Å². The second kappa shape index (κ2) is 6.96. The number of nitrogens with zero attached hydrogens (tertiary/aromatic N) is 2. The third kappa shape index (κ3) is 3.33. The fraction of sp³-hybridized carbons (Fsp3) is 0.188. The van der Waals surface area contributed by atoms with Crippen molar-refractivity contribution in [1.82, 2.24) is 9.97 Å². The first-order valence-corrected chi connectivity index (χ1v) is 9.13. The number of benzene rings is 1. The Kier molecular flexibility index (Phi) is 4.93. The van der Waals surface area contributed by atoms with E-state index in [0.717, 1.165) is 43.7 Å². The molecule has 2 aromatic heterocycles. The SMILES string of the molecule is COc1ccc(-c2c(C)sc3nc(SCC(=O)O)nc(Cl)c23)cc1. The molecule has 0 saturated carbocycles. The summed E-state index contributed by atoms with van der Waals surface area (Å²) in [6, 6.07) is 7.72. The van der Waals surface area contributed by atoms with Crippen molar-refractivity contribution in [1.29, 1.82) is 0 Å². The summed E-state index contributed by atoms with van der Waals surface area (Å²) < 4.78 is 5.19. The van der Waals surface area contributed by atoms with E-state index in [2.05, 4.69) is 9.97 Å². The minimum absolute atomic E-state index is 0.0997. The molecule has 3 aromatic rings. The van der Waals surface area contributed by atoms with Gasteiger partial charge in [0, 0.05) is 10.4 Å². The van der Waals surface area contributed by atoms with Crippen LogP contribution in [-0.2, 0) is 4.79 Å². The maximum atomic E-state index is 10.7. The van der Waals surface area contributed by atoms with E-state index in [0.29, 0.717) is 10.3 Å². The summed E-state index contributed by atoms with van der Waals surface area (Å²) in [5.41, 5.74) is 2.01. The fourth-order valence-corrected chi connectivity index (χ4v) is 4.39. The van der Waals surface area contributed by atoms with Gasteiger partial charge < -0.3 is 9.84 Å². The number of hydrogen-bond acceptors (Lipinski definition) is 6. The van der Waals surface area contributed by atoms with Crippen molar-refractivity contribution in [2.24, 2.45) is 0 Å². The van der Waals surface area contributed by atoms with Gasteiger partial charge in [0.15, 0.2) is 5.16 Å². The summed E-state index contributed by atoms with van der Waals surface area (Å²) in [5, 5.41) is 10.3. The molecule has 0 aliphatic carbocycles. The van der Waals surface area contributed by atoms with Gasteiger partial charge in [0.1, 0.15) is 15.7 Å². The number of aryl methyl sites for hydroxylation is 1. The first kappa shape index (κ1) is 17.0. The van der Waals surface area contributed by atoms with Crippen molar-refractivity contribution in [3.8, 4) is 16.9 Å². The number of thioether (sulfide) groups is 1. The molecule has 24 heavy (non-hydrogen) atoms. The molecule has 1 aromatic carbocycles. The van der Waals surface area contributed by atoms with Crippen molar-refractivity contribution in [3.05, 3.63) is 34.3 Å². The molecular formula is C16H13ClN2O3S2. The van der Waals surface area contributed by atoms with Gasteiger partial charge in [-0.2, -0.15) is 0 Å². The number of rotatable bonds is 5. The average Bonchev–Trinajstić information content (AvgIpc) is 2.89. The Hall–Kier alpha value is -1.83. The zero-order valence-electron chi connectivity index (χ0n) is 12.9. The number of hydrogen-bond donors (Lipinski definition) is 1. The van der Waals surface area contributed by atoms with Crippen LogP contribution in [0.1, 0.15) is 4.88 Å². The van der Waals surface area contributed by atoms with Gasteiger partial charge in [-0.1, -0.05) is 35.5 Å². The zero-order valence-corrected chi connectivity index (χ0v) is 15.3. The number of fused-ring (bicyclic) bond motifs is 1. The topological polar surface area (TPSA) is 72.3 Å². The molecule has 3 rings (SSSR count). The molecule has 0 aliphatic rings. The Balaban J connectivity index is 2.08. The Morgan fingerprint density at radius 1 is 1.33 bits per heavy atom. The molecule has 0 amide bonds. The van der Waals surface area contributed by atoms with Crippen LogP contribution in [-0.4, -0.2) is 33.9 Å². The number of carbonyl (C=O) groups is 1. The number of carboxylic acid groups (broad SMARTS) is 1. The third-order valence-electron chi connectivity index (χ3n) is 3.37. The van der Waals surface area contributed by atoms with Crippen LogP contribution in [0.4, 0.5) is 0 Å². The number of thiophene rings is 1. The molecule has 0 aliphatic heterocycles. The van der Waals surface area contributed by atoms with Gasteiger partial charge >= 0.3 is 5.97 Å². The lowest BCUT2D eigenvalue weighted by atomic mass is 10.0. The summed E-state index contributed by atoms with van der Waals surface area (Å²) in [4.78, 5) is 21.2. The smallest absolute Gasteiger partial charge is 0.313 e. The van der Waals surface area contributed by atoms with E-state index in [1.54, 1.807) is 7.11 Å². The summed E-state index contributed by atoms with van der Waals surface area (Å²) in [5.74, 6) is -0.232. The molecule has 2 heterocycles. The molecule has 0 atom stereocenters. The molecule has 5 nitrogen and oxygen atoms in total. The Morgan fingerprint density at radius 3 is 2.67 bits per heavy atom. The molecule has 0 bridgehead atoms. The first-order chi connectivity index (χ1) is 11.5. The molecule has 0 radical (unpaired) electrons. The standard InChI is InChI=1S/C16H13ClN2O3S2/c1-8-12(9-3-5-10(22-2)6-4-9)13-14(17)18-16(19-15(13)24-8)23-7-11(20)21/h3-6H,7H2,1-2H3,(H,20,21). The summed E-state index contributed by atoms with van der Waals surface area (Å²) in [7, 11) is 1.63. The fourth-order valence-electron chi connectivity index (χ4n) is 2.35. The number of aliphatic carboxylic acids is 1. The number of carboxylic acids is 1. The lowest BCUT2D eigenvalue weighted by molar-refractivity contribution is -0.133. The molecule has 1 N–H and O–H groups in total. The van der Waals surface area contributed by atoms with Gasteiger partial charge in [0.25, 0.3) is 0 Å². The lowest BCUT2D eigenvalue weighted by Crippen LogP contribution is -1.99. The summed E-state index contributed by atoms with van der Waals surface area (Å²) in [6.45, 7) is 2.01. The Bertz CT molecular complexity index is 910. The minimum atomic E-state index is -0.916. The largest absolute Gasteiger partial charge is 0.497 e. The highest BCUT2D eigenvalue weighted by Gasteiger charge is 2.18. The van der Waals surface area contributed by atoms with Crippen LogP contribution in [0.3, 0.4) is 0 Å². The Labute approximate surface area is 151 Å². The summed E-state index contributed by atoms with van der Waals surface area (Å²) >= 11 is 8.95. The van der Waals surface area contributed by atoms with Crippen molar-refractivity contribution >= 4 is 50.9 Å². The van der Waals surface area contributed by atoms with Gasteiger partial charge in [-0.05, 0) is 24.6 Å². The molecule has 0 spiro atoms. The number of ether oxygens (including phenoxy) is 1. The highest BCUT2D eigenvalue weighted by Crippen LogP contribution is 2.41. The van der Waals surface area contributed by atoms with E-state index in [1.165, 1.54) is 11.3 Å². The van der Waals surface area contributed by atoms with E-state index in [1.807, 2.05) is 31.2 Å². The van der Waals surface area contributed by atoms with Crippen LogP contribution in [0.2, 0.25) is 5.15 Å². The predicted molar refractivity (Wildman–Crippen MR) is 97.5 cm³/mol. The van der Waals surface area contributed by atoms with Crippen LogP contribution in [0.25, 0.3) is 21.3 Å². The van der Waals surface area contributed by atoms with Crippen LogP contribution >= 0.6 is 34.7 Å². The third-order valence-corrected chi connectivity index (χ3v) is 5.47. The molecular weight excluding hydrogens is 368 g/mol. The number of methoxy groups -OCH3 is 1. The van der Waals surface area contributed by atoms with Gasteiger partial charge in [-0.3, -0.25) is 4.79 Å². The predicted octanol–water partition coefficient (Wildman–Crippen LogP) is 4.51. The van der Waals surface area contributed by atoms with Gasteiger partial charge in [-0.15, -0.1) is 11.3 Å². The minimum Gasteiger partial charge on any atom is -0.497 e. The normalized spacial score (nSPS) is 11.0. The van der Waals surface area contributed by atoms with Crippen molar-refractivity contribution < 1.29 is 14.6 Å². The van der Waals surface area contributed by atoms with Crippen LogP contribution in [0, 0.1) is 6.92 Å². The number of aromatic nitrogens is 2. The second-order valence-corrected chi connectivity index (χ2v) is 7.43. The van der Waals surface area contributed by atoms with Gasteiger partial charge in [0.2, 0.25) is 0 Å². The quantitative estimate of drug-likeness (QED) is 0.399. The highest BCUT2D eigenvalue weighted by molar-refractivity contribution is 7.99. The van der Waals surface area contributed by atoms with Crippen LogP contribution in [0.5, 0.6) is 5.75 Å². The molecule has 0 unspecified atom stereocenters. The first-order valence-electron chi connectivity index (χ1n) is 6.95. The van der Waals surface area contributed by atoms with E-state index < -0.39 is 5.97 Å². The summed E-state index contributed by atoms with van der Waals surface area (Å²) in [6.07, 6.45) is 0. The van der Waals surface area contributed by atoms with Crippen molar-refractivity contribution in [2.75, 3.05) is 12.9 Å². The maximum absolute atomic E-state index is 10.7. The maximum Gasteiger partial charge on any atom is 0.313 e. The average molecular weight is 381 g/mol. The van der Waals surface area contributed by atoms with E-state index in [4.69, 9.17) is 21.4 Å². The molecule has 124 valence electrons. The van der Waals surface area contributed by atoms with Crippen molar-refractivity contribution in [3.63, 3.8) is 0 Å². The van der Waals surface area contributed by atoms with Gasteiger partial charge in [-0.25, -0.2) is 9.97 Å². The second-order valence-electron chi connectivity index (χ2n) is 4.92. The van der Waals surface area contributed by atoms with Crippen LogP contribution < -0.4 is 4.74 Å². The molecule has 0 fully saturated rings. The van der Waals surface area contributed by atoms with Crippen molar-refractivity contribution in [2.45, 2.75) is 12.1 Å². The van der Waals surface area contributed by atoms with E-state index in [-0.39, 0.29) is 5.75 Å². The van der Waals surface area contributed by atoms with Gasteiger partial charge in [0.05, 0.1) is 18.2 Å². The Morgan fingerprint density at radius 2 is 2.04 bits per heavy atom. The highest BCUT2D eigenvalue weighted by atomic mass is 35.5. The van der Waals surface area contributed by atoms with Crippen LogP contribution in [0.15, 0.2) is 29.4 Å².